The highest BCUT2D eigenvalue weighted by atomic mass is 15.1. The number of pyridine rings is 1. The summed E-state index contributed by atoms with van der Waals surface area (Å²) in [6.45, 7) is 0. The first-order valence-electron chi connectivity index (χ1n) is 15.5. The summed E-state index contributed by atoms with van der Waals surface area (Å²) in [7, 11) is 0. The first kappa shape index (κ1) is 24.5. The van der Waals surface area contributed by atoms with Crippen molar-refractivity contribution in [2.24, 2.45) is 0 Å². The summed E-state index contributed by atoms with van der Waals surface area (Å²) in [5, 5.41) is 7.54. The molecule has 0 saturated heterocycles. The number of rotatable bonds is 2. The molecule has 2 aromatic heterocycles. The van der Waals surface area contributed by atoms with Crippen LogP contribution >= 0.6 is 0 Å². The predicted molar refractivity (Wildman–Crippen MR) is 189 cm³/mol. The van der Waals surface area contributed by atoms with E-state index in [2.05, 4.69) is 162 Å². The maximum Gasteiger partial charge on any atom is 0.145 e. The fraction of sp³-hybridized carbons (Fsp3) is 0. The molecule has 0 N–H and O–H groups in total. The van der Waals surface area contributed by atoms with Gasteiger partial charge in [-0.1, -0.05) is 133 Å². The molecule has 0 fully saturated rings. The van der Waals surface area contributed by atoms with E-state index in [4.69, 9.17) is 4.98 Å². The molecular weight excluding hydrogens is 544 g/mol. The fourth-order valence-electron chi connectivity index (χ4n) is 7.63. The summed E-state index contributed by atoms with van der Waals surface area (Å²) >= 11 is 0. The standard InChI is InChI=1S/C43H26N2/c1-2-13-27(14-3-1)36-25-28-15-4-11-23-38(28)44-43(36)45-26-37-31-18-7-10-21-34(31)41-32-19-8-5-16-29(32)30-17-6-9-20-33(30)42(41)35-22-12-24-39(45)40(35)37/h1-26H. The van der Waals surface area contributed by atoms with Gasteiger partial charge in [0.2, 0.25) is 0 Å². The molecule has 1 aliphatic carbocycles. The zero-order chi connectivity index (χ0) is 29.5. The van der Waals surface area contributed by atoms with Crippen molar-refractivity contribution in [1.29, 1.82) is 0 Å². The van der Waals surface area contributed by atoms with E-state index in [9.17, 15) is 0 Å². The average Bonchev–Trinajstić information content (AvgIpc) is 3.45. The van der Waals surface area contributed by atoms with Crippen LogP contribution in [-0.4, -0.2) is 9.55 Å². The molecule has 7 aromatic carbocycles. The van der Waals surface area contributed by atoms with Gasteiger partial charge in [0.15, 0.2) is 0 Å². The number of aromatic nitrogens is 2. The van der Waals surface area contributed by atoms with E-state index in [1.807, 2.05) is 0 Å². The Morgan fingerprint density at radius 1 is 0.422 bits per heavy atom. The summed E-state index contributed by atoms with van der Waals surface area (Å²) in [4.78, 5) is 5.35. The SMILES string of the molecule is c1ccc(-c2cc3ccccc3nc2-n2cc3c4c(cccc42)-c2c(c4ccccc4c4ccccc24)-c2ccccc2-3)cc1. The lowest BCUT2D eigenvalue weighted by atomic mass is 9.85. The fourth-order valence-corrected chi connectivity index (χ4v) is 7.63. The van der Waals surface area contributed by atoms with E-state index in [0.29, 0.717) is 0 Å². The summed E-state index contributed by atoms with van der Waals surface area (Å²) in [6, 6.07) is 54.8. The van der Waals surface area contributed by atoms with Gasteiger partial charge in [-0.3, -0.25) is 0 Å². The zero-order valence-corrected chi connectivity index (χ0v) is 24.4. The smallest absolute Gasteiger partial charge is 0.145 e. The first-order valence-corrected chi connectivity index (χ1v) is 15.5. The normalized spacial score (nSPS) is 12.0. The van der Waals surface area contributed by atoms with Crippen LogP contribution in [0.5, 0.6) is 0 Å². The third-order valence-electron chi connectivity index (χ3n) is 9.54. The molecule has 0 atom stereocenters. The van der Waals surface area contributed by atoms with Crippen molar-refractivity contribution in [1.82, 2.24) is 9.55 Å². The van der Waals surface area contributed by atoms with Crippen LogP contribution in [0.4, 0.5) is 0 Å². The Labute approximate surface area is 260 Å². The van der Waals surface area contributed by atoms with E-state index in [0.717, 1.165) is 33.4 Å². The van der Waals surface area contributed by atoms with Gasteiger partial charge in [-0.15, -0.1) is 0 Å². The second kappa shape index (κ2) is 9.25. The molecular formula is C43H26N2. The molecule has 10 rings (SSSR count). The molecule has 0 spiro atoms. The topological polar surface area (TPSA) is 17.8 Å². The van der Waals surface area contributed by atoms with Crippen LogP contribution in [0.1, 0.15) is 0 Å². The van der Waals surface area contributed by atoms with E-state index in [1.54, 1.807) is 0 Å². The zero-order valence-electron chi connectivity index (χ0n) is 24.4. The lowest BCUT2D eigenvalue weighted by Gasteiger charge is -2.19. The van der Waals surface area contributed by atoms with Crippen LogP contribution in [0.3, 0.4) is 0 Å². The maximum atomic E-state index is 5.35. The summed E-state index contributed by atoms with van der Waals surface area (Å²) in [5.41, 5.74) is 12.0. The van der Waals surface area contributed by atoms with Gasteiger partial charge >= 0.3 is 0 Å². The average molecular weight is 571 g/mol. The number of hydrogen-bond donors (Lipinski definition) is 0. The van der Waals surface area contributed by atoms with Crippen LogP contribution in [0, 0.1) is 0 Å². The maximum absolute atomic E-state index is 5.35. The number of fused-ring (bicyclic) bond motifs is 11. The monoisotopic (exact) mass is 570 g/mol. The molecule has 9 aromatic rings. The van der Waals surface area contributed by atoms with Crippen molar-refractivity contribution in [2.45, 2.75) is 0 Å². The molecule has 0 radical (unpaired) electrons. The Balaban J connectivity index is 1.39. The van der Waals surface area contributed by atoms with Crippen molar-refractivity contribution in [2.75, 3.05) is 0 Å². The number of hydrogen-bond acceptors (Lipinski definition) is 1. The van der Waals surface area contributed by atoms with Gasteiger partial charge in [-0.2, -0.15) is 0 Å². The van der Waals surface area contributed by atoms with Crippen molar-refractivity contribution < 1.29 is 0 Å². The van der Waals surface area contributed by atoms with Crippen LogP contribution < -0.4 is 0 Å². The number of benzene rings is 7. The van der Waals surface area contributed by atoms with Gasteiger partial charge in [-0.05, 0) is 73.1 Å². The molecule has 0 bridgehead atoms. The first-order chi connectivity index (χ1) is 22.3. The number of nitrogens with zero attached hydrogens (tertiary/aromatic N) is 2. The quantitative estimate of drug-likeness (QED) is 0.189. The predicted octanol–water partition coefficient (Wildman–Crippen LogP) is 11.5. The van der Waals surface area contributed by atoms with Crippen LogP contribution in [0.15, 0.2) is 158 Å². The highest BCUT2D eigenvalue weighted by Gasteiger charge is 2.28. The summed E-state index contributed by atoms with van der Waals surface area (Å²) in [5.74, 6) is 0.940. The minimum atomic E-state index is 0.940. The Bertz CT molecular complexity index is 2640. The highest BCUT2D eigenvalue weighted by Crippen LogP contribution is 2.53. The largest absolute Gasteiger partial charge is 0.300 e. The van der Waals surface area contributed by atoms with Crippen molar-refractivity contribution in [3.05, 3.63) is 158 Å². The second-order valence-corrected chi connectivity index (χ2v) is 11.9. The number of para-hydroxylation sites is 1. The second-order valence-electron chi connectivity index (χ2n) is 11.9. The minimum Gasteiger partial charge on any atom is -0.300 e. The Hall–Kier alpha value is -5.99. The molecule has 0 saturated carbocycles. The molecule has 2 nitrogen and oxygen atoms in total. The van der Waals surface area contributed by atoms with Crippen molar-refractivity contribution >= 4 is 43.4 Å². The third kappa shape index (κ3) is 3.42. The molecule has 0 aliphatic heterocycles. The molecule has 0 unspecified atom stereocenters. The Morgan fingerprint density at radius 3 is 1.80 bits per heavy atom. The van der Waals surface area contributed by atoms with E-state index < -0.39 is 0 Å². The van der Waals surface area contributed by atoms with Gasteiger partial charge in [-0.25, -0.2) is 4.98 Å². The van der Waals surface area contributed by atoms with Gasteiger partial charge in [0.25, 0.3) is 0 Å². The molecule has 2 heteroatoms. The van der Waals surface area contributed by atoms with Gasteiger partial charge in [0.05, 0.1) is 11.0 Å². The van der Waals surface area contributed by atoms with E-state index in [-0.39, 0.29) is 0 Å². The van der Waals surface area contributed by atoms with Gasteiger partial charge < -0.3 is 4.57 Å². The van der Waals surface area contributed by atoms with Crippen LogP contribution in [-0.2, 0) is 0 Å². The van der Waals surface area contributed by atoms with Crippen molar-refractivity contribution in [3.63, 3.8) is 0 Å². The Morgan fingerprint density at radius 2 is 1.02 bits per heavy atom. The van der Waals surface area contributed by atoms with Crippen LogP contribution in [0.25, 0.3) is 93.7 Å². The lowest BCUT2D eigenvalue weighted by molar-refractivity contribution is 1.06. The molecule has 208 valence electrons. The minimum absolute atomic E-state index is 0.940. The van der Waals surface area contributed by atoms with Gasteiger partial charge in [0.1, 0.15) is 5.82 Å². The molecule has 0 amide bonds. The molecule has 1 aliphatic rings. The van der Waals surface area contributed by atoms with E-state index >= 15 is 0 Å². The van der Waals surface area contributed by atoms with Crippen molar-refractivity contribution in [3.8, 4) is 50.3 Å². The third-order valence-corrected chi connectivity index (χ3v) is 9.54. The molecule has 45 heavy (non-hydrogen) atoms. The molecule has 2 heterocycles. The summed E-state index contributed by atoms with van der Waals surface area (Å²) < 4.78 is 2.33. The van der Waals surface area contributed by atoms with Crippen LogP contribution in [0.2, 0.25) is 0 Å². The Kier molecular flexibility index (Phi) is 5.03. The lowest BCUT2D eigenvalue weighted by Crippen LogP contribution is -2.00. The summed E-state index contributed by atoms with van der Waals surface area (Å²) in [6.07, 6.45) is 2.33. The van der Waals surface area contributed by atoms with E-state index in [1.165, 1.54) is 60.3 Å². The van der Waals surface area contributed by atoms with Gasteiger partial charge in [0, 0.05) is 28.1 Å². The highest BCUT2D eigenvalue weighted by molar-refractivity contribution is 6.27.